The van der Waals surface area contributed by atoms with Crippen LogP contribution in [0.25, 0.3) is 6.08 Å². The minimum Gasteiger partial charge on any atom is -0.492 e. The van der Waals surface area contributed by atoms with Crippen LogP contribution in [0, 0.1) is 5.82 Å². The van der Waals surface area contributed by atoms with Crippen LogP contribution in [0.3, 0.4) is 0 Å². The van der Waals surface area contributed by atoms with Crippen molar-refractivity contribution in [3.05, 3.63) is 77.6 Å². The Labute approximate surface area is 121 Å². The van der Waals surface area contributed by atoms with Gasteiger partial charge < -0.3 is 5.11 Å². The number of hydrogen-bond donors (Lipinski definition) is 2. The van der Waals surface area contributed by atoms with Gasteiger partial charge in [-0.25, -0.2) is 9.40 Å². The molecule has 104 valence electrons. The molecule has 2 aromatic carbocycles. The van der Waals surface area contributed by atoms with E-state index in [0.717, 1.165) is 11.3 Å². The number of aliphatic hydroxyl groups excluding tert-OH is 1. The molecule has 0 atom stereocenters. The SMILES string of the molecule is OC1=C2C=Cc3ccccc3N2NN1c1cccc(F)c1. The minimum absolute atomic E-state index is 0.0337. The van der Waals surface area contributed by atoms with Gasteiger partial charge in [0.2, 0.25) is 5.88 Å². The van der Waals surface area contributed by atoms with Crippen LogP contribution in [0.4, 0.5) is 15.8 Å². The zero-order valence-electron chi connectivity index (χ0n) is 11.0. The molecule has 4 rings (SSSR count). The maximum atomic E-state index is 13.4. The Kier molecular flexibility index (Phi) is 2.49. The third-order valence-corrected chi connectivity index (χ3v) is 3.55. The van der Waals surface area contributed by atoms with Crippen molar-refractivity contribution >= 4 is 17.5 Å². The van der Waals surface area contributed by atoms with Gasteiger partial charge in [0.05, 0.1) is 11.4 Å². The van der Waals surface area contributed by atoms with Crippen LogP contribution < -0.4 is 15.6 Å². The molecule has 4 nitrogen and oxygen atoms in total. The average molecular weight is 281 g/mol. The first-order chi connectivity index (χ1) is 10.2. The largest absolute Gasteiger partial charge is 0.492 e. The molecule has 2 aliphatic rings. The molecular weight excluding hydrogens is 269 g/mol. The molecule has 0 saturated carbocycles. The molecule has 0 spiro atoms. The lowest BCUT2D eigenvalue weighted by atomic mass is 10.1. The number of nitrogens with zero attached hydrogens (tertiary/aromatic N) is 2. The van der Waals surface area contributed by atoms with Crippen molar-refractivity contribution in [2.75, 3.05) is 10.0 Å². The van der Waals surface area contributed by atoms with E-state index >= 15 is 0 Å². The van der Waals surface area contributed by atoms with Crippen molar-refractivity contribution in [3.63, 3.8) is 0 Å². The summed E-state index contributed by atoms with van der Waals surface area (Å²) in [5.74, 6) is -0.320. The van der Waals surface area contributed by atoms with Crippen molar-refractivity contribution in [3.8, 4) is 0 Å². The van der Waals surface area contributed by atoms with Crippen molar-refractivity contribution < 1.29 is 9.50 Å². The van der Waals surface area contributed by atoms with Crippen LogP contribution in [0.5, 0.6) is 0 Å². The molecule has 21 heavy (non-hydrogen) atoms. The molecule has 0 unspecified atom stereocenters. The molecule has 0 radical (unpaired) electrons. The summed E-state index contributed by atoms with van der Waals surface area (Å²) in [5, 5.41) is 13.6. The average Bonchev–Trinajstić information content (AvgIpc) is 2.85. The van der Waals surface area contributed by atoms with E-state index in [4.69, 9.17) is 0 Å². The van der Waals surface area contributed by atoms with E-state index in [1.807, 2.05) is 36.4 Å². The van der Waals surface area contributed by atoms with Gasteiger partial charge >= 0.3 is 0 Å². The van der Waals surface area contributed by atoms with Gasteiger partial charge in [-0.3, -0.25) is 5.01 Å². The van der Waals surface area contributed by atoms with E-state index in [-0.39, 0.29) is 11.7 Å². The number of aliphatic hydroxyl groups is 1. The molecule has 2 N–H and O–H groups in total. The number of benzene rings is 2. The zero-order chi connectivity index (χ0) is 14.4. The minimum atomic E-state index is -0.354. The number of hydrogen-bond acceptors (Lipinski definition) is 4. The summed E-state index contributed by atoms with van der Waals surface area (Å²) in [5.41, 5.74) is 6.19. The van der Waals surface area contributed by atoms with Crippen LogP contribution in [0.15, 0.2) is 66.2 Å². The number of fused-ring (bicyclic) bond motifs is 3. The lowest BCUT2D eigenvalue weighted by Crippen LogP contribution is -2.42. The van der Waals surface area contributed by atoms with Gasteiger partial charge in [-0.05, 0) is 35.9 Å². The number of anilines is 2. The van der Waals surface area contributed by atoms with Crippen LogP contribution in [0.1, 0.15) is 5.56 Å². The first-order valence-corrected chi connectivity index (χ1v) is 6.56. The van der Waals surface area contributed by atoms with E-state index in [0.29, 0.717) is 11.4 Å². The normalized spacial score (nSPS) is 16.2. The lowest BCUT2D eigenvalue weighted by molar-refractivity contribution is 0.388. The van der Waals surface area contributed by atoms with Gasteiger partial charge in [-0.1, -0.05) is 30.3 Å². The highest BCUT2D eigenvalue weighted by molar-refractivity contribution is 5.78. The van der Waals surface area contributed by atoms with E-state index in [2.05, 4.69) is 5.53 Å². The molecule has 2 aromatic rings. The first-order valence-electron chi connectivity index (χ1n) is 6.56. The Balaban J connectivity index is 1.79. The van der Waals surface area contributed by atoms with E-state index in [1.165, 1.54) is 17.1 Å². The van der Waals surface area contributed by atoms with E-state index in [9.17, 15) is 9.50 Å². The van der Waals surface area contributed by atoms with E-state index < -0.39 is 0 Å². The number of para-hydroxylation sites is 1. The molecular formula is C16H12FN3O. The Morgan fingerprint density at radius 2 is 1.81 bits per heavy atom. The Morgan fingerprint density at radius 1 is 0.952 bits per heavy atom. The lowest BCUT2D eigenvalue weighted by Gasteiger charge is -2.26. The second-order valence-electron chi connectivity index (χ2n) is 4.85. The second-order valence-corrected chi connectivity index (χ2v) is 4.85. The smallest absolute Gasteiger partial charge is 0.234 e. The third kappa shape index (κ3) is 1.79. The molecule has 2 aliphatic heterocycles. The number of rotatable bonds is 1. The molecule has 5 heteroatoms. The van der Waals surface area contributed by atoms with E-state index in [1.54, 1.807) is 17.1 Å². The van der Waals surface area contributed by atoms with Gasteiger partial charge in [0.15, 0.2) is 0 Å². The summed E-state index contributed by atoms with van der Waals surface area (Å²) >= 11 is 0. The summed E-state index contributed by atoms with van der Waals surface area (Å²) in [7, 11) is 0. The van der Waals surface area contributed by atoms with Crippen molar-refractivity contribution in [1.82, 2.24) is 5.53 Å². The number of allylic oxidation sites excluding steroid dienone is 1. The first kappa shape index (κ1) is 12.0. The second kappa shape index (κ2) is 4.36. The maximum absolute atomic E-state index is 13.4. The summed E-state index contributed by atoms with van der Waals surface area (Å²) in [6.45, 7) is 0. The van der Waals surface area contributed by atoms with Crippen molar-refractivity contribution in [2.45, 2.75) is 0 Å². The Hall–Kier alpha value is -2.79. The fourth-order valence-corrected chi connectivity index (χ4v) is 2.54. The molecule has 0 saturated heterocycles. The van der Waals surface area contributed by atoms with Gasteiger partial charge in [0.1, 0.15) is 11.5 Å². The van der Waals surface area contributed by atoms with Gasteiger partial charge in [-0.15, -0.1) is 5.53 Å². The molecule has 0 amide bonds. The summed E-state index contributed by atoms with van der Waals surface area (Å²) in [4.78, 5) is 0. The zero-order valence-corrected chi connectivity index (χ0v) is 11.0. The highest BCUT2D eigenvalue weighted by atomic mass is 19.1. The molecule has 0 aliphatic carbocycles. The highest BCUT2D eigenvalue weighted by Gasteiger charge is 2.32. The Bertz CT molecular complexity index is 785. The van der Waals surface area contributed by atoms with Crippen LogP contribution in [0.2, 0.25) is 0 Å². The number of nitrogens with one attached hydrogen (secondary N) is 1. The standard InChI is InChI=1S/C16H12FN3O/c17-12-5-3-6-13(10-12)19-16(21)15-9-8-11-4-1-2-7-14(11)20(15)18-19/h1-10,18,21H. The fraction of sp³-hybridized carbons (Fsp3) is 0. The number of hydrazine groups is 2. The van der Waals surface area contributed by atoms with Gasteiger partial charge in [-0.2, -0.15) is 0 Å². The summed E-state index contributed by atoms with van der Waals surface area (Å²) < 4.78 is 13.4. The summed E-state index contributed by atoms with van der Waals surface area (Å²) in [6, 6.07) is 13.9. The predicted molar refractivity (Wildman–Crippen MR) is 79.6 cm³/mol. The molecule has 0 fully saturated rings. The molecule has 2 heterocycles. The quantitative estimate of drug-likeness (QED) is 0.841. The monoisotopic (exact) mass is 281 g/mol. The van der Waals surface area contributed by atoms with Crippen LogP contribution in [-0.2, 0) is 0 Å². The van der Waals surface area contributed by atoms with Crippen molar-refractivity contribution in [1.29, 1.82) is 0 Å². The predicted octanol–water partition coefficient (Wildman–Crippen LogP) is 3.33. The Morgan fingerprint density at radius 3 is 2.67 bits per heavy atom. The summed E-state index contributed by atoms with van der Waals surface area (Å²) in [6.07, 6.45) is 3.76. The number of halogens is 1. The highest BCUT2D eigenvalue weighted by Crippen LogP contribution is 2.35. The van der Waals surface area contributed by atoms with Crippen LogP contribution in [-0.4, -0.2) is 5.11 Å². The topological polar surface area (TPSA) is 38.7 Å². The van der Waals surface area contributed by atoms with Crippen molar-refractivity contribution in [2.24, 2.45) is 0 Å². The molecule has 0 aromatic heterocycles. The van der Waals surface area contributed by atoms with Crippen LogP contribution >= 0.6 is 0 Å². The van der Waals surface area contributed by atoms with Gasteiger partial charge in [0, 0.05) is 0 Å². The maximum Gasteiger partial charge on any atom is 0.234 e. The third-order valence-electron chi connectivity index (χ3n) is 3.55. The van der Waals surface area contributed by atoms with Gasteiger partial charge in [0.25, 0.3) is 0 Å². The fourth-order valence-electron chi connectivity index (χ4n) is 2.54. The molecule has 0 bridgehead atoms.